The van der Waals surface area contributed by atoms with E-state index in [4.69, 9.17) is 0 Å². The van der Waals surface area contributed by atoms with Gasteiger partial charge in [0.1, 0.15) is 0 Å². The van der Waals surface area contributed by atoms with Gasteiger partial charge >= 0.3 is 0 Å². The second-order valence-electron chi connectivity index (χ2n) is 5.86. The summed E-state index contributed by atoms with van der Waals surface area (Å²) in [7, 11) is 0. The summed E-state index contributed by atoms with van der Waals surface area (Å²) in [5, 5.41) is 3.79. The summed E-state index contributed by atoms with van der Waals surface area (Å²) in [6.45, 7) is 4.81. The Morgan fingerprint density at radius 1 is 1.11 bits per heavy atom. The molecule has 98 valence electrons. The Balaban J connectivity index is 1.60. The molecule has 1 saturated carbocycles. The van der Waals surface area contributed by atoms with Crippen LogP contribution in [0.2, 0.25) is 0 Å². The van der Waals surface area contributed by atoms with Gasteiger partial charge in [0.2, 0.25) is 0 Å². The van der Waals surface area contributed by atoms with Crippen LogP contribution < -0.4 is 5.32 Å². The van der Waals surface area contributed by atoms with E-state index in [1.807, 2.05) is 0 Å². The number of benzene rings is 1. The molecule has 1 aromatic rings. The van der Waals surface area contributed by atoms with E-state index in [-0.39, 0.29) is 0 Å². The van der Waals surface area contributed by atoms with Crippen molar-refractivity contribution in [3.8, 4) is 0 Å². The van der Waals surface area contributed by atoms with Crippen LogP contribution in [0.4, 0.5) is 0 Å². The molecular formula is C16H24N2. The molecule has 2 heteroatoms. The van der Waals surface area contributed by atoms with E-state index < -0.39 is 0 Å². The van der Waals surface area contributed by atoms with Gasteiger partial charge in [0, 0.05) is 24.7 Å². The molecule has 2 fully saturated rings. The highest BCUT2D eigenvalue weighted by atomic mass is 15.2. The molecule has 1 heterocycles. The molecule has 1 aliphatic heterocycles. The van der Waals surface area contributed by atoms with Gasteiger partial charge in [0.25, 0.3) is 0 Å². The Bertz CT molecular complexity index is 372. The Morgan fingerprint density at radius 2 is 1.89 bits per heavy atom. The van der Waals surface area contributed by atoms with Crippen molar-refractivity contribution < 1.29 is 0 Å². The highest BCUT2D eigenvalue weighted by molar-refractivity contribution is 5.18. The maximum absolute atomic E-state index is 3.79. The molecule has 0 bridgehead atoms. The molecule has 2 atom stereocenters. The van der Waals surface area contributed by atoms with Gasteiger partial charge in [-0.15, -0.1) is 0 Å². The normalized spacial score (nSPS) is 27.1. The molecule has 0 radical (unpaired) electrons. The Morgan fingerprint density at radius 3 is 2.61 bits per heavy atom. The summed E-state index contributed by atoms with van der Waals surface area (Å²) < 4.78 is 0. The molecule has 1 aromatic carbocycles. The van der Waals surface area contributed by atoms with Crippen molar-refractivity contribution in [1.82, 2.24) is 10.2 Å². The second kappa shape index (κ2) is 5.41. The molecule has 2 unspecified atom stereocenters. The summed E-state index contributed by atoms with van der Waals surface area (Å²) in [6.07, 6.45) is 5.48. The fourth-order valence-electron chi connectivity index (χ4n) is 3.02. The first-order valence-electron chi connectivity index (χ1n) is 7.38. The first-order valence-corrected chi connectivity index (χ1v) is 7.38. The van der Waals surface area contributed by atoms with Crippen LogP contribution in [-0.2, 0) is 0 Å². The van der Waals surface area contributed by atoms with Crippen LogP contribution >= 0.6 is 0 Å². The predicted octanol–water partition coefficient (Wildman–Crippen LogP) is 2.96. The highest BCUT2D eigenvalue weighted by Gasteiger charge is 2.29. The monoisotopic (exact) mass is 244 g/mol. The van der Waals surface area contributed by atoms with Crippen LogP contribution in [0.5, 0.6) is 0 Å². The van der Waals surface area contributed by atoms with Gasteiger partial charge in [0.15, 0.2) is 0 Å². The molecule has 0 spiro atoms. The lowest BCUT2D eigenvalue weighted by molar-refractivity contribution is 0.145. The molecule has 18 heavy (non-hydrogen) atoms. The molecule has 2 aliphatic rings. The van der Waals surface area contributed by atoms with Gasteiger partial charge in [-0.1, -0.05) is 30.3 Å². The average Bonchev–Trinajstić information content (AvgIpc) is 3.23. The number of likely N-dealkylation sites (tertiary alicyclic amines) is 1. The molecule has 1 N–H and O–H groups in total. The van der Waals surface area contributed by atoms with E-state index in [0.717, 1.165) is 12.1 Å². The molecule has 0 amide bonds. The smallest absolute Gasteiger partial charge is 0.0320 e. The van der Waals surface area contributed by atoms with E-state index in [1.165, 1.54) is 44.3 Å². The molecule has 2 nitrogen and oxygen atoms in total. The third-order valence-corrected chi connectivity index (χ3v) is 4.33. The van der Waals surface area contributed by atoms with E-state index in [9.17, 15) is 0 Å². The molecule has 1 aliphatic carbocycles. The Labute approximate surface area is 110 Å². The average molecular weight is 244 g/mol. The first kappa shape index (κ1) is 12.2. The quantitative estimate of drug-likeness (QED) is 0.876. The van der Waals surface area contributed by atoms with Crippen molar-refractivity contribution in [2.75, 3.05) is 13.1 Å². The largest absolute Gasteiger partial charge is 0.310 e. The zero-order chi connectivity index (χ0) is 12.4. The number of hydrogen-bond donors (Lipinski definition) is 1. The van der Waals surface area contributed by atoms with Crippen LogP contribution in [-0.4, -0.2) is 30.1 Å². The number of nitrogens with zero attached hydrogens (tertiary/aromatic N) is 1. The van der Waals surface area contributed by atoms with Crippen molar-refractivity contribution in [3.63, 3.8) is 0 Å². The van der Waals surface area contributed by atoms with E-state index >= 15 is 0 Å². The van der Waals surface area contributed by atoms with E-state index in [0.29, 0.717) is 6.04 Å². The fourth-order valence-corrected chi connectivity index (χ4v) is 3.02. The van der Waals surface area contributed by atoms with Crippen molar-refractivity contribution >= 4 is 0 Å². The van der Waals surface area contributed by atoms with Crippen molar-refractivity contribution in [3.05, 3.63) is 35.9 Å². The summed E-state index contributed by atoms with van der Waals surface area (Å²) in [4.78, 5) is 2.64. The molecule has 1 saturated heterocycles. The zero-order valence-corrected chi connectivity index (χ0v) is 11.3. The lowest BCUT2D eigenvalue weighted by Crippen LogP contribution is -2.47. The van der Waals surface area contributed by atoms with Crippen LogP contribution in [0.1, 0.15) is 44.2 Å². The number of piperidine rings is 1. The fraction of sp³-hybridized carbons (Fsp3) is 0.625. The second-order valence-corrected chi connectivity index (χ2v) is 5.86. The maximum atomic E-state index is 3.79. The SMILES string of the molecule is CC(c1ccccc1)N1CCCC(NC2CC2)C1. The van der Waals surface area contributed by atoms with Crippen molar-refractivity contribution in [2.24, 2.45) is 0 Å². The van der Waals surface area contributed by atoms with Gasteiger partial charge in [0.05, 0.1) is 0 Å². The number of rotatable bonds is 4. The molecule has 3 rings (SSSR count). The van der Waals surface area contributed by atoms with Crippen LogP contribution in [0.3, 0.4) is 0 Å². The first-order chi connectivity index (χ1) is 8.83. The van der Waals surface area contributed by atoms with Gasteiger partial charge in [-0.25, -0.2) is 0 Å². The summed E-state index contributed by atoms with van der Waals surface area (Å²) >= 11 is 0. The minimum Gasteiger partial charge on any atom is -0.310 e. The van der Waals surface area contributed by atoms with Gasteiger partial charge in [-0.2, -0.15) is 0 Å². The van der Waals surface area contributed by atoms with Gasteiger partial charge < -0.3 is 5.32 Å². The summed E-state index contributed by atoms with van der Waals surface area (Å²) in [5.74, 6) is 0. The van der Waals surface area contributed by atoms with Crippen LogP contribution in [0.15, 0.2) is 30.3 Å². The molecule has 0 aromatic heterocycles. The topological polar surface area (TPSA) is 15.3 Å². The Kier molecular flexibility index (Phi) is 3.67. The number of hydrogen-bond acceptors (Lipinski definition) is 2. The minimum atomic E-state index is 0.551. The lowest BCUT2D eigenvalue weighted by Gasteiger charge is -2.37. The Hall–Kier alpha value is -0.860. The van der Waals surface area contributed by atoms with Crippen molar-refractivity contribution in [2.45, 2.75) is 50.7 Å². The number of nitrogens with one attached hydrogen (secondary N) is 1. The van der Waals surface area contributed by atoms with E-state index in [1.54, 1.807) is 0 Å². The third-order valence-electron chi connectivity index (χ3n) is 4.33. The van der Waals surface area contributed by atoms with Gasteiger partial charge in [-0.3, -0.25) is 4.90 Å². The van der Waals surface area contributed by atoms with Gasteiger partial charge in [-0.05, 0) is 44.7 Å². The summed E-state index contributed by atoms with van der Waals surface area (Å²) in [5.41, 5.74) is 1.45. The predicted molar refractivity (Wildman–Crippen MR) is 75.6 cm³/mol. The lowest BCUT2D eigenvalue weighted by atomic mass is 10.0. The minimum absolute atomic E-state index is 0.551. The maximum Gasteiger partial charge on any atom is 0.0320 e. The third kappa shape index (κ3) is 2.93. The zero-order valence-electron chi connectivity index (χ0n) is 11.3. The van der Waals surface area contributed by atoms with E-state index in [2.05, 4.69) is 47.5 Å². The summed E-state index contributed by atoms with van der Waals surface area (Å²) in [6, 6.07) is 13.0. The molecular weight excluding hydrogens is 220 g/mol. The standard InChI is InChI=1S/C16H24N2/c1-13(14-6-3-2-4-7-14)18-11-5-8-16(12-18)17-15-9-10-15/h2-4,6-7,13,15-17H,5,8-12H2,1H3. The van der Waals surface area contributed by atoms with Crippen LogP contribution in [0.25, 0.3) is 0 Å². The van der Waals surface area contributed by atoms with Crippen molar-refractivity contribution in [1.29, 1.82) is 0 Å². The highest BCUT2D eigenvalue weighted by Crippen LogP contribution is 2.26. The van der Waals surface area contributed by atoms with Crippen LogP contribution in [0, 0.1) is 0 Å².